The molecule has 1 atom stereocenters. The first-order valence-corrected chi connectivity index (χ1v) is 6.97. The fourth-order valence-electron chi connectivity index (χ4n) is 2.34. The van der Waals surface area contributed by atoms with Gasteiger partial charge in [-0.25, -0.2) is 0 Å². The van der Waals surface area contributed by atoms with E-state index in [0.29, 0.717) is 5.95 Å². The van der Waals surface area contributed by atoms with Crippen LogP contribution in [0.1, 0.15) is 26.2 Å². The van der Waals surface area contributed by atoms with Crippen molar-refractivity contribution < 1.29 is 4.74 Å². The van der Waals surface area contributed by atoms with Crippen molar-refractivity contribution in [2.45, 2.75) is 26.2 Å². The maximum atomic E-state index is 5.01. The molecule has 1 fully saturated rings. The highest BCUT2D eigenvalue weighted by atomic mass is 16.5. The van der Waals surface area contributed by atoms with Crippen molar-refractivity contribution in [3.8, 4) is 0 Å². The zero-order chi connectivity index (χ0) is 13.5. The minimum absolute atomic E-state index is 0.604. The first-order chi connectivity index (χ1) is 9.29. The summed E-state index contributed by atoms with van der Waals surface area (Å²) in [6, 6.07) is 0. The Kier molecular flexibility index (Phi) is 5.32. The summed E-state index contributed by atoms with van der Waals surface area (Å²) in [7, 11) is 1.70. The third kappa shape index (κ3) is 4.31. The molecular weight excluding hydrogens is 242 g/mol. The van der Waals surface area contributed by atoms with Gasteiger partial charge in [-0.15, -0.1) is 5.10 Å². The molecule has 0 radical (unpaired) electrons. The van der Waals surface area contributed by atoms with Gasteiger partial charge in [0.25, 0.3) is 0 Å². The number of ether oxygens (including phenoxy) is 1. The minimum Gasteiger partial charge on any atom is -0.385 e. The van der Waals surface area contributed by atoms with Crippen LogP contribution in [0.3, 0.4) is 0 Å². The van der Waals surface area contributed by atoms with Crippen molar-refractivity contribution >= 4 is 11.8 Å². The van der Waals surface area contributed by atoms with E-state index in [2.05, 4.69) is 32.3 Å². The Morgan fingerprint density at radius 2 is 2.42 bits per heavy atom. The highest BCUT2D eigenvalue weighted by molar-refractivity contribution is 5.40. The molecular formula is C13H23N5O. The molecule has 0 spiro atoms. The van der Waals surface area contributed by atoms with Crippen molar-refractivity contribution in [2.24, 2.45) is 5.92 Å². The number of nitrogens with one attached hydrogen (secondary N) is 1. The second-order valence-corrected chi connectivity index (χ2v) is 5.10. The zero-order valence-electron chi connectivity index (χ0n) is 11.8. The van der Waals surface area contributed by atoms with E-state index in [1.807, 2.05) is 0 Å². The molecule has 0 bridgehead atoms. The molecule has 1 aliphatic rings. The Bertz CT molecular complexity index is 387. The normalized spacial score (nSPS) is 19.5. The Labute approximate surface area is 114 Å². The lowest BCUT2D eigenvalue weighted by molar-refractivity contribution is 0.197. The van der Waals surface area contributed by atoms with Gasteiger partial charge in [0.2, 0.25) is 5.95 Å². The largest absolute Gasteiger partial charge is 0.385 e. The summed E-state index contributed by atoms with van der Waals surface area (Å²) in [5.74, 6) is 2.25. The predicted molar refractivity (Wildman–Crippen MR) is 75.4 cm³/mol. The third-order valence-electron chi connectivity index (χ3n) is 3.34. The van der Waals surface area contributed by atoms with Crippen LogP contribution in [0.5, 0.6) is 0 Å². The molecule has 1 aromatic rings. The van der Waals surface area contributed by atoms with Crippen LogP contribution in [0, 0.1) is 5.92 Å². The molecule has 1 aliphatic heterocycles. The van der Waals surface area contributed by atoms with Crippen LogP contribution in [0.4, 0.5) is 11.8 Å². The van der Waals surface area contributed by atoms with Gasteiger partial charge in [0.1, 0.15) is 0 Å². The first kappa shape index (κ1) is 14.0. The molecule has 0 aliphatic carbocycles. The number of hydrogen-bond acceptors (Lipinski definition) is 6. The summed E-state index contributed by atoms with van der Waals surface area (Å²) in [5.41, 5.74) is 0. The molecule has 6 heteroatoms. The van der Waals surface area contributed by atoms with Gasteiger partial charge in [-0.1, -0.05) is 6.92 Å². The third-order valence-corrected chi connectivity index (χ3v) is 3.34. The molecule has 6 nitrogen and oxygen atoms in total. The first-order valence-electron chi connectivity index (χ1n) is 6.97. The van der Waals surface area contributed by atoms with E-state index in [1.165, 1.54) is 12.8 Å². The lowest BCUT2D eigenvalue weighted by Crippen LogP contribution is -2.35. The van der Waals surface area contributed by atoms with Crippen LogP contribution in [-0.2, 0) is 4.74 Å². The van der Waals surface area contributed by atoms with E-state index >= 15 is 0 Å². The molecule has 2 rings (SSSR count). The second-order valence-electron chi connectivity index (χ2n) is 5.10. The van der Waals surface area contributed by atoms with Crippen LogP contribution < -0.4 is 10.2 Å². The number of rotatable bonds is 6. The van der Waals surface area contributed by atoms with Gasteiger partial charge in [0.05, 0.1) is 6.20 Å². The van der Waals surface area contributed by atoms with Crippen molar-refractivity contribution in [2.75, 3.05) is 43.6 Å². The Morgan fingerprint density at radius 3 is 3.21 bits per heavy atom. The number of anilines is 2. The van der Waals surface area contributed by atoms with Gasteiger partial charge in [-0.3, -0.25) is 0 Å². The van der Waals surface area contributed by atoms with Crippen LogP contribution in [0.15, 0.2) is 6.20 Å². The highest BCUT2D eigenvalue weighted by Crippen LogP contribution is 2.20. The fraction of sp³-hybridized carbons (Fsp3) is 0.769. The topological polar surface area (TPSA) is 63.2 Å². The average molecular weight is 265 g/mol. The minimum atomic E-state index is 0.604. The van der Waals surface area contributed by atoms with Crippen molar-refractivity contribution in [1.29, 1.82) is 0 Å². The number of nitrogens with zero attached hydrogens (tertiary/aromatic N) is 4. The molecule has 19 heavy (non-hydrogen) atoms. The van der Waals surface area contributed by atoms with Crippen molar-refractivity contribution in [3.05, 3.63) is 6.20 Å². The summed E-state index contributed by atoms with van der Waals surface area (Å²) in [6.07, 6.45) is 5.21. The van der Waals surface area contributed by atoms with Crippen LogP contribution in [-0.4, -0.2) is 48.5 Å². The maximum Gasteiger partial charge on any atom is 0.244 e. The fourth-order valence-corrected chi connectivity index (χ4v) is 2.34. The average Bonchev–Trinajstić information content (AvgIpc) is 2.44. The van der Waals surface area contributed by atoms with E-state index in [0.717, 1.165) is 44.4 Å². The van der Waals surface area contributed by atoms with Crippen LogP contribution in [0.2, 0.25) is 0 Å². The van der Waals surface area contributed by atoms with Gasteiger partial charge in [0.15, 0.2) is 5.82 Å². The molecule has 1 N–H and O–H groups in total. The standard InChI is InChI=1S/C13H23N5O/c1-11-5-3-7-18(10-11)12-9-15-17-13(16-12)14-6-4-8-19-2/h9,11H,3-8,10H2,1-2H3,(H,14,16,17). The lowest BCUT2D eigenvalue weighted by Gasteiger charge is -2.31. The number of aromatic nitrogens is 3. The number of piperidine rings is 1. The molecule has 106 valence electrons. The quantitative estimate of drug-likeness (QED) is 0.788. The predicted octanol–water partition coefficient (Wildman–Crippen LogP) is 1.56. The molecule has 0 saturated carbocycles. The van der Waals surface area contributed by atoms with Gasteiger partial charge >= 0.3 is 0 Å². The van der Waals surface area contributed by atoms with Crippen LogP contribution >= 0.6 is 0 Å². The molecule has 2 heterocycles. The van der Waals surface area contributed by atoms with Crippen LogP contribution in [0.25, 0.3) is 0 Å². The monoisotopic (exact) mass is 265 g/mol. The lowest BCUT2D eigenvalue weighted by atomic mass is 10.0. The Hall–Kier alpha value is -1.43. The van der Waals surface area contributed by atoms with Gasteiger partial charge < -0.3 is 15.0 Å². The molecule has 1 aromatic heterocycles. The SMILES string of the molecule is COCCCNc1nncc(N2CCCC(C)C2)n1. The van der Waals surface area contributed by atoms with E-state index in [1.54, 1.807) is 13.3 Å². The summed E-state index contributed by atoms with van der Waals surface area (Å²) < 4.78 is 5.01. The molecule has 0 aromatic carbocycles. The summed E-state index contributed by atoms with van der Waals surface area (Å²) in [5, 5.41) is 11.2. The van der Waals surface area contributed by atoms with E-state index in [9.17, 15) is 0 Å². The van der Waals surface area contributed by atoms with Crippen molar-refractivity contribution in [3.63, 3.8) is 0 Å². The van der Waals surface area contributed by atoms with E-state index < -0.39 is 0 Å². The molecule has 0 amide bonds. The smallest absolute Gasteiger partial charge is 0.244 e. The zero-order valence-corrected chi connectivity index (χ0v) is 11.8. The Morgan fingerprint density at radius 1 is 1.53 bits per heavy atom. The molecule has 1 saturated heterocycles. The van der Waals surface area contributed by atoms with Gasteiger partial charge in [-0.05, 0) is 25.2 Å². The van der Waals surface area contributed by atoms with Gasteiger partial charge in [-0.2, -0.15) is 10.1 Å². The summed E-state index contributed by atoms with van der Waals surface area (Å²) in [6.45, 7) is 5.94. The summed E-state index contributed by atoms with van der Waals surface area (Å²) in [4.78, 5) is 6.82. The van der Waals surface area contributed by atoms with E-state index in [-0.39, 0.29) is 0 Å². The number of hydrogen-bond donors (Lipinski definition) is 1. The summed E-state index contributed by atoms with van der Waals surface area (Å²) >= 11 is 0. The second kappa shape index (κ2) is 7.23. The molecule has 1 unspecified atom stereocenters. The van der Waals surface area contributed by atoms with Crippen molar-refractivity contribution in [1.82, 2.24) is 15.2 Å². The van der Waals surface area contributed by atoms with E-state index in [4.69, 9.17) is 4.74 Å². The highest BCUT2D eigenvalue weighted by Gasteiger charge is 2.18. The maximum absolute atomic E-state index is 5.01. The number of methoxy groups -OCH3 is 1. The van der Waals surface area contributed by atoms with Gasteiger partial charge in [0, 0.05) is 33.4 Å². The Balaban J connectivity index is 1.90.